The molecular formula is C17H28BrNO. The minimum atomic E-state index is 0.530. The first kappa shape index (κ1) is 17.7. The Morgan fingerprint density at radius 2 is 1.75 bits per heavy atom. The summed E-state index contributed by atoms with van der Waals surface area (Å²) in [7, 11) is 0. The first-order chi connectivity index (χ1) is 9.63. The van der Waals surface area contributed by atoms with Crippen molar-refractivity contribution in [1.82, 2.24) is 5.32 Å². The summed E-state index contributed by atoms with van der Waals surface area (Å²) in [5, 5.41) is 3.45. The molecule has 1 N–H and O–H groups in total. The molecular weight excluding hydrogens is 314 g/mol. The Hall–Kier alpha value is -0.380. The van der Waals surface area contributed by atoms with Gasteiger partial charge >= 0.3 is 0 Å². The molecule has 0 amide bonds. The maximum absolute atomic E-state index is 5.76. The topological polar surface area (TPSA) is 21.3 Å². The molecule has 1 atom stereocenters. The van der Waals surface area contributed by atoms with Crippen LogP contribution in [0, 0.1) is 5.92 Å². The minimum absolute atomic E-state index is 0.530. The van der Waals surface area contributed by atoms with E-state index in [9.17, 15) is 0 Å². The maximum Gasteiger partial charge on any atom is 0.0472 e. The second-order valence-corrected chi connectivity index (χ2v) is 6.56. The minimum Gasteiger partial charge on any atom is -0.381 e. The zero-order chi connectivity index (χ0) is 14.8. The second-order valence-electron chi connectivity index (χ2n) is 5.64. The molecule has 3 heteroatoms. The lowest BCUT2D eigenvalue weighted by Gasteiger charge is -2.18. The van der Waals surface area contributed by atoms with Gasteiger partial charge in [-0.1, -0.05) is 48.8 Å². The lowest BCUT2D eigenvalue weighted by molar-refractivity contribution is 0.116. The molecule has 0 radical (unpaired) electrons. The fraction of sp³-hybridized carbons (Fsp3) is 0.647. The van der Waals surface area contributed by atoms with Crippen LogP contribution in [0.1, 0.15) is 45.1 Å². The Kier molecular flexibility index (Phi) is 9.16. The van der Waals surface area contributed by atoms with Crippen molar-refractivity contribution in [2.75, 3.05) is 26.3 Å². The van der Waals surface area contributed by atoms with Crippen LogP contribution in [0.15, 0.2) is 28.7 Å². The van der Waals surface area contributed by atoms with E-state index in [1.165, 1.54) is 5.56 Å². The van der Waals surface area contributed by atoms with E-state index in [0.29, 0.717) is 5.92 Å². The van der Waals surface area contributed by atoms with E-state index in [2.05, 4.69) is 66.3 Å². The predicted octanol–water partition coefficient (Wildman–Crippen LogP) is 4.60. The SMILES string of the molecule is CCNCC(CCOCCC(C)C)c1ccc(Br)cc1. The lowest BCUT2D eigenvalue weighted by atomic mass is 9.96. The van der Waals surface area contributed by atoms with Gasteiger partial charge in [-0.25, -0.2) is 0 Å². The number of likely N-dealkylation sites (N-methyl/N-ethyl adjacent to an activating group) is 1. The van der Waals surface area contributed by atoms with Crippen molar-refractivity contribution in [2.45, 2.75) is 39.5 Å². The largest absolute Gasteiger partial charge is 0.381 e. The Balaban J connectivity index is 2.41. The summed E-state index contributed by atoms with van der Waals surface area (Å²) in [5.74, 6) is 1.25. The van der Waals surface area contributed by atoms with Gasteiger partial charge in [-0.05, 0) is 48.9 Å². The fourth-order valence-electron chi connectivity index (χ4n) is 2.09. The van der Waals surface area contributed by atoms with Crippen molar-refractivity contribution in [3.05, 3.63) is 34.3 Å². The lowest BCUT2D eigenvalue weighted by Crippen LogP contribution is -2.22. The molecule has 0 aliphatic rings. The molecule has 0 aromatic heterocycles. The number of hydrogen-bond acceptors (Lipinski definition) is 2. The van der Waals surface area contributed by atoms with E-state index >= 15 is 0 Å². The van der Waals surface area contributed by atoms with Crippen LogP contribution in [-0.4, -0.2) is 26.3 Å². The van der Waals surface area contributed by atoms with E-state index in [1.54, 1.807) is 0 Å². The third-order valence-electron chi connectivity index (χ3n) is 3.43. The fourth-order valence-corrected chi connectivity index (χ4v) is 2.35. The zero-order valence-electron chi connectivity index (χ0n) is 13.0. The van der Waals surface area contributed by atoms with Gasteiger partial charge in [0.2, 0.25) is 0 Å². The van der Waals surface area contributed by atoms with Crippen molar-refractivity contribution in [3.63, 3.8) is 0 Å². The Bertz CT molecular complexity index is 351. The molecule has 20 heavy (non-hydrogen) atoms. The highest BCUT2D eigenvalue weighted by molar-refractivity contribution is 9.10. The number of ether oxygens (including phenoxy) is 1. The van der Waals surface area contributed by atoms with Gasteiger partial charge < -0.3 is 10.1 Å². The highest BCUT2D eigenvalue weighted by Crippen LogP contribution is 2.21. The van der Waals surface area contributed by atoms with Crippen LogP contribution >= 0.6 is 15.9 Å². The molecule has 1 unspecified atom stereocenters. The average Bonchev–Trinajstić information content (AvgIpc) is 2.42. The smallest absolute Gasteiger partial charge is 0.0472 e. The van der Waals surface area contributed by atoms with E-state index in [1.807, 2.05) is 0 Å². The van der Waals surface area contributed by atoms with Crippen LogP contribution < -0.4 is 5.32 Å². The van der Waals surface area contributed by atoms with Crippen LogP contribution in [-0.2, 0) is 4.74 Å². The predicted molar refractivity (Wildman–Crippen MR) is 90.3 cm³/mol. The number of nitrogens with one attached hydrogen (secondary N) is 1. The molecule has 0 aliphatic carbocycles. The van der Waals surface area contributed by atoms with Crippen molar-refractivity contribution < 1.29 is 4.74 Å². The number of halogens is 1. The highest BCUT2D eigenvalue weighted by Gasteiger charge is 2.11. The summed E-state index contributed by atoms with van der Waals surface area (Å²) in [4.78, 5) is 0. The molecule has 0 bridgehead atoms. The van der Waals surface area contributed by atoms with Crippen molar-refractivity contribution in [3.8, 4) is 0 Å². The van der Waals surface area contributed by atoms with Gasteiger partial charge in [0.25, 0.3) is 0 Å². The van der Waals surface area contributed by atoms with E-state index in [0.717, 1.165) is 49.5 Å². The standard InChI is InChI=1S/C17H28BrNO/c1-4-19-13-16(10-12-20-11-9-14(2)3)15-5-7-17(18)8-6-15/h5-8,14,16,19H,4,9-13H2,1-3H3. The molecule has 0 spiro atoms. The second kappa shape index (κ2) is 10.4. The quantitative estimate of drug-likeness (QED) is 0.628. The van der Waals surface area contributed by atoms with E-state index in [4.69, 9.17) is 4.74 Å². The molecule has 0 saturated heterocycles. The molecule has 0 heterocycles. The molecule has 1 rings (SSSR count). The van der Waals surface area contributed by atoms with Crippen molar-refractivity contribution in [2.24, 2.45) is 5.92 Å². The summed E-state index contributed by atoms with van der Waals surface area (Å²) in [5.41, 5.74) is 1.39. The number of benzene rings is 1. The van der Waals surface area contributed by atoms with Gasteiger partial charge in [-0.15, -0.1) is 0 Å². The maximum atomic E-state index is 5.76. The van der Waals surface area contributed by atoms with Crippen LogP contribution in [0.2, 0.25) is 0 Å². The van der Waals surface area contributed by atoms with Crippen LogP contribution in [0.25, 0.3) is 0 Å². The first-order valence-corrected chi connectivity index (χ1v) is 8.46. The summed E-state index contributed by atoms with van der Waals surface area (Å²) in [6.45, 7) is 10.4. The molecule has 1 aromatic carbocycles. The Labute approximate surface area is 132 Å². The number of rotatable bonds is 10. The summed E-state index contributed by atoms with van der Waals surface area (Å²) in [6, 6.07) is 8.65. The van der Waals surface area contributed by atoms with Gasteiger partial charge in [0.1, 0.15) is 0 Å². The van der Waals surface area contributed by atoms with Gasteiger partial charge in [0.15, 0.2) is 0 Å². The molecule has 0 saturated carbocycles. The van der Waals surface area contributed by atoms with Gasteiger partial charge in [0.05, 0.1) is 0 Å². The van der Waals surface area contributed by atoms with Crippen molar-refractivity contribution in [1.29, 1.82) is 0 Å². The average molecular weight is 342 g/mol. The molecule has 1 aromatic rings. The Morgan fingerprint density at radius 1 is 1.10 bits per heavy atom. The molecule has 2 nitrogen and oxygen atoms in total. The molecule has 0 fully saturated rings. The monoisotopic (exact) mass is 341 g/mol. The highest BCUT2D eigenvalue weighted by atomic mass is 79.9. The van der Waals surface area contributed by atoms with Gasteiger partial charge in [-0.3, -0.25) is 0 Å². The molecule has 114 valence electrons. The van der Waals surface area contributed by atoms with Crippen LogP contribution in [0.4, 0.5) is 0 Å². The van der Waals surface area contributed by atoms with E-state index in [-0.39, 0.29) is 0 Å². The first-order valence-electron chi connectivity index (χ1n) is 7.67. The summed E-state index contributed by atoms with van der Waals surface area (Å²) in [6.07, 6.45) is 2.23. The Morgan fingerprint density at radius 3 is 2.35 bits per heavy atom. The van der Waals surface area contributed by atoms with Crippen molar-refractivity contribution >= 4 is 15.9 Å². The summed E-state index contributed by atoms with van der Waals surface area (Å²) < 4.78 is 6.90. The van der Waals surface area contributed by atoms with Crippen LogP contribution in [0.3, 0.4) is 0 Å². The summed E-state index contributed by atoms with van der Waals surface area (Å²) >= 11 is 3.49. The third kappa shape index (κ3) is 7.41. The number of hydrogen-bond donors (Lipinski definition) is 1. The molecule has 0 aliphatic heterocycles. The van der Waals surface area contributed by atoms with Gasteiger partial charge in [-0.2, -0.15) is 0 Å². The van der Waals surface area contributed by atoms with Gasteiger partial charge in [0, 0.05) is 24.2 Å². The van der Waals surface area contributed by atoms with E-state index < -0.39 is 0 Å². The van der Waals surface area contributed by atoms with Crippen LogP contribution in [0.5, 0.6) is 0 Å². The third-order valence-corrected chi connectivity index (χ3v) is 3.96. The normalized spacial score (nSPS) is 12.8. The zero-order valence-corrected chi connectivity index (χ0v) is 14.6.